The van der Waals surface area contributed by atoms with Crippen molar-refractivity contribution in [2.75, 3.05) is 0 Å². The molecule has 0 spiro atoms. The summed E-state index contributed by atoms with van der Waals surface area (Å²) in [6.07, 6.45) is 1.50. The molecule has 0 aliphatic rings. The van der Waals surface area contributed by atoms with Crippen LogP contribution in [0.1, 0.15) is 10.6 Å². The van der Waals surface area contributed by atoms with Crippen LogP contribution in [0.25, 0.3) is 0 Å². The summed E-state index contributed by atoms with van der Waals surface area (Å²) in [6, 6.07) is 7.16. The van der Waals surface area contributed by atoms with Gasteiger partial charge in [-0.1, -0.05) is 6.07 Å². The average Bonchev–Trinajstić information content (AvgIpc) is 2.87. The standard InChI is InChI=1S/C10H12N2O3S2/c11-17(13,14)12(7-9-3-1-5-15-9)8-10-4-2-6-16-10/h1-6H,7-8H2,(H2,11,13,14). The van der Waals surface area contributed by atoms with Crippen LogP contribution in [-0.4, -0.2) is 12.7 Å². The number of rotatable bonds is 5. The Balaban J connectivity index is 2.15. The second-order valence-corrected chi connectivity index (χ2v) is 6.05. The van der Waals surface area contributed by atoms with E-state index in [0.717, 1.165) is 4.88 Å². The Kier molecular flexibility index (Phi) is 3.63. The molecule has 0 saturated carbocycles. The van der Waals surface area contributed by atoms with Gasteiger partial charge >= 0.3 is 0 Å². The molecule has 0 aliphatic heterocycles. The van der Waals surface area contributed by atoms with Crippen LogP contribution in [0.5, 0.6) is 0 Å². The molecular weight excluding hydrogens is 260 g/mol. The average molecular weight is 272 g/mol. The molecule has 0 atom stereocenters. The van der Waals surface area contributed by atoms with Crippen molar-refractivity contribution >= 4 is 21.5 Å². The first-order chi connectivity index (χ1) is 8.05. The van der Waals surface area contributed by atoms with Crippen molar-refractivity contribution < 1.29 is 12.8 Å². The summed E-state index contributed by atoms with van der Waals surface area (Å²) < 4.78 is 29.2. The maximum atomic E-state index is 11.5. The van der Waals surface area contributed by atoms with E-state index in [1.165, 1.54) is 21.9 Å². The fourth-order valence-electron chi connectivity index (χ4n) is 1.39. The molecule has 0 aromatic carbocycles. The zero-order chi connectivity index (χ0) is 12.3. The molecular formula is C10H12N2O3S2. The molecule has 0 saturated heterocycles. The van der Waals surface area contributed by atoms with Gasteiger partial charge in [0.15, 0.2) is 0 Å². The van der Waals surface area contributed by atoms with Gasteiger partial charge in [0.2, 0.25) is 0 Å². The molecule has 0 aliphatic carbocycles. The van der Waals surface area contributed by atoms with Crippen LogP contribution in [0.15, 0.2) is 40.3 Å². The van der Waals surface area contributed by atoms with Crippen LogP contribution in [0.4, 0.5) is 0 Å². The van der Waals surface area contributed by atoms with Crippen LogP contribution < -0.4 is 5.14 Å². The Hall–Kier alpha value is -1.15. The summed E-state index contributed by atoms with van der Waals surface area (Å²) >= 11 is 1.49. The van der Waals surface area contributed by atoms with E-state index in [4.69, 9.17) is 9.56 Å². The second kappa shape index (κ2) is 5.01. The number of nitrogens with two attached hydrogens (primary N) is 1. The maximum absolute atomic E-state index is 11.5. The summed E-state index contributed by atoms with van der Waals surface area (Å²) in [5, 5.41) is 7.07. The molecule has 17 heavy (non-hydrogen) atoms. The first-order valence-corrected chi connectivity index (χ1v) is 7.26. The number of thiophene rings is 1. The third kappa shape index (κ3) is 3.40. The van der Waals surface area contributed by atoms with E-state index in [2.05, 4.69) is 0 Å². The zero-order valence-electron chi connectivity index (χ0n) is 8.94. The largest absolute Gasteiger partial charge is 0.468 e. The zero-order valence-corrected chi connectivity index (χ0v) is 10.6. The lowest BCUT2D eigenvalue weighted by Crippen LogP contribution is -2.35. The Labute approximate surface area is 104 Å². The Morgan fingerprint density at radius 3 is 2.65 bits per heavy atom. The van der Waals surface area contributed by atoms with Gasteiger partial charge in [-0.2, -0.15) is 12.7 Å². The highest BCUT2D eigenvalue weighted by Crippen LogP contribution is 2.16. The molecule has 0 unspecified atom stereocenters. The van der Waals surface area contributed by atoms with E-state index >= 15 is 0 Å². The van der Waals surface area contributed by atoms with Crippen molar-refractivity contribution in [3.63, 3.8) is 0 Å². The van der Waals surface area contributed by atoms with Gasteiger partial charge in [-0.15, -0.1) is 11.3 Å². The number of hydrogen-bond acceptors (Lipinski definition) is 4. The minimum atomic E-state index is -3.74. The van der Waals surface area contributed by atoms with Crippen molar-refractivity contribution in [3.8, 4) is 0 Å². The molecule has 0 bridgehead atoms. The van der Waals surface area contributed by atoms with Crippen LogP contribution >= 0.6 is 11.3 Å². The van der Waals surface area contributed by atoms with E-state index in [9.17, 15) is 8.42 Å². The third-order valence-corrected chi connectivity index (χ3v) is 4.02. The van der Waals surface area contributed by atoms with Crippen molar-refractivity contribution in [1.82, 2.24) is 4.31 Å². The lowest BCUT2D eigenvalue weighted by molar-refractivity contribution is 0.361. The highest BCUT2D eigenvalue weighted by Gasteiger charge is 2.19. The van der Waals surface area contributed by atoms with Gasteiger partial charge in [0.05, 0.1) is 12.8 Å². The maximum Gasteiger partial charge on any atom is 0.277 e. The summed E-state index contributed by atoms with van der Waals surface area (Å²) in [6.45, 7) is 0.404. The van der Waals surface area contributed by atoms with Gasteiger partial charge in [0, 0.05) is 11.4 Å². The Bertz CT molecular complexity index is 510. The fraction of sp³-hybridized carbons (Fsp3) is 0.200. The van der Waals surface area contributed by atoms with Crippen LogP contribution in [-0.2, 0) is 23.3 Å². The lowest BCUT2D eigenvalue weighted by atomic mass is 10.4. The van der Waals surface area contributed by atoms with Crippen LogP contribution in [0.2, 0.25) is 0 Å². The van der Waals surface area contributed by atoms with E-state index < -0.39 is 10.2 Å². The van der Waals surface area contributed by atoms with E-state index in [-0.39, 0.29) is 13.1 Å². The first-order valence-electron chi connectivity index (χ1n) is 4.88. The summed E-state index contributed by atoms with van der Waals surface area (Å²) in [4.78, 5) is 0.936. The van der Waals surface area contributed by atoms with Crippen molar-refractivity contribution in [1.29, 1.82) is 0 Å². The first kappa shape index (κ1) is 12.3. The highest BCUT2D eigenvalue weighted by atomic mass is 32.2. The molecule has 0 radical (unpaired) electrons. The fourth-order valence-corrected chi connectivity index (χ4v) is 2.82. The van der Waals surface area contributed by atoms with Crippen LogP contribution in [0.3, 0.4) is 0 Å². The summed E-state index contributed by atoms with van der Waals surface area (Å²) in [7, 11) is -3.74. The molecule has 2 heterocycles. The van der Waals surface area contributed by atoms with Gasteiger partial charge in [-0.25, -0.2) is 5.14 Å². The highest BCUT2D eigenvalue weighted by molar-refractivity contribution is 7.86. The summed E-state index contributed by atoms with van der Waals surface area (Å²) in [5.41, 5.74) is 0. The predicted molar refractivity (Wildman–Crippen MR) is 65.4 cm³/mol. The normalized spacial score (nSPS) is 12.1. The minimum Gasteiger partial charge on any atom is -0.468 e. The van der Waals surface area contributed by atoms with Gasteiger partial charge in [-0.05, 0) is 23.6 Å². The van der Waals surface area contributed by atoms with Crippen molar-refractivity contribution in [2.45, 2.75) is 13.1 Å². The van der Waals surface area contributed by atoms with E-state index in [1.54, 1.807) is 12.1 Å². The smallest absolute Gasteiger partial charge is 0.277 e. The predicted octanol–water partition coefficient (Wildman–Crippen LogP) is 1.55. The summed E-state index contributed by atoms with van der Waals surface area (Å²) in [5.74, 6) is 0.565. The number of nitrogens with zero attached hydrogens (tertiary/aromatic N) is 1. The Morgan fingerprint density at radius 1 is 1.29 bits per heavy atom. The van der Waals surface area contributed by atoms with Crippen molar-refractivity contribution in [3.05, 3.63) is 46.5 Å². The van der Waals surface area contributed by atoms with Gasteiger partial charge in [0.1, 0.15) is 5.76 Å². The monoisotopic (exact) mass is 272 g/mol. The molecule has 2 aromatic rings. The number of hydrogen-bond donors (Lipinski definition) is 1. The minimum absolute atomic E-state index is 0.143. The molecule has 92 valence electrons. The van der Waals surface area contributed by atoms with Gasteiger partial charge < -0.3 is 4.42 Å². The molecule has 0 fully saturated rings. The molecule has 0 amide bonds. The van der Waals surface area contributed by atoms with E-state index in [0.29, 0.717) is 5.76 Å². The third-order valence-electron chi connectivity index (χ3n) is 2.18. The lowest BCUT2D eigenvalue weighted by Gasteiger charge is -2.17. The van der Waals surface area contributed by atoms with Gasteiger partial charge in [0.25, 0.3) is 10.2 Å². The second-order valence-electron chi connectivity index (χ2n) is 3.47. The SMILES string of the molecule is NS(=O)(=O)N(Cc1ccco1)Cc1cccs1. The molecule has 2 aromatic heterocycles. The molecule has 7 heteroatoms. The molecule has 2 N–H and O–H groups in total. The molecule has 2 rings (SSSR count). The van der Waals surface area contributed by atoms with E-state index in [1.807, 2.05) is 17.5 Å². The van der Waals surface area contributed by atoms with Gasteiger partial charge in [-0.3, -0.25) is 0 Å². The Morgan fingerprint density at radius 2 is 2.12 bits per heavy atom. The topological polar surface area (TPSA) is 76.5 Å². The van der Waals surface area contributed by atoms with Crippen LogP contribution in [0, 0.1) is 0 Å². The number of furan rings is 1. The van der Waals surface area contributed by atoms with Crippen molar-refractivity contribution in [2.24, 2.45) is 5.14 Å². The quantitative estimate of drug-likeness (QED) is 0.897. The molecule has 5 nitrogen and oxygen atoms in total.